The molecular formula is C17H24FNO. The van der Waals surface area contributed by atoms with E-state index in [0.717, 1.165) is 11.6 Å². The molecule has 0 heterocycles. The summed E-state index contributed by atoms with van der Waals surface area (Å²) < 4.78 is 18.6. The van der Waals surface area contributed by atoms with Gasteiger partial charge in [0, 0.05) is 12.1 Å². The lowest BCUT2D eigenvalue weighted by atomic mass is 9.68. The Morgan fingerprint density at radius 1 is 1.30 bits per heavy atom. The Morgan fingerprint density at radius 3 is 2.65 bits per heavy atom. The first-order valence-corrected chi connectivity index (χ1v) is 7.47. The van der Waals surface area contributed by atoms with Gasteiger partial charge in [0.05, 0.1) is 12.8 Å². The Balaban J connectivity index is 1.91. The van der Waals surface area contributed by atoms with E-state index in [1.807, 2.05) is 0 Å². The molecule has 2 aliphatic carbocycles. The summed E-state index contributed by atoms with van der Waals surface area (Å²) in [6.07, 6.45) is 3.91. The van der Waals surface area contributed by atoms with Crippen molar-refractivity contribution in [2.24, 2.45) is 16.7 Å². The molecule has 1 aromatic rings. The molecule has 1 aromatic carbocycles. The van der Waals surface area contributed by atoms with Crippen molar-refractivity contribution < 1.29 is 9.13 Å². The summed E-state index contributed by atoms with van der Waals surface area (Å²) in [5.74, 6) is 1.12. The molecule has 20 heavy (non-hydrogen) atoms. The van der Waals surface area contributed by atoms with E-state index in [0.29, 0.717) is 17.2 Å². The van der Waals surface area contributed by atoms with Gasteiger partial charge in [-0.3, -0.25) is 0 Å². The number of rotatable bonds is 3. The van der Waals surface area contributed by atoms with E-state index in [2.05, 4.69) is 26.1 Å². The first kappa shape index (κ1) is 13.7. The normalized spacial score (nSPS) is 34.2. The lowest BCUT2D eigenvalue weighted by molar-refractivity contribution is 0.155. The predicted molar refractivity (Wildman–Crippen MR) is 79.6 cm³/mol. The molecule has 2 fully saturated rings. The third-order valence-electron chi connectivity index (χ3n) is 5.73. The average Bonchev–Trinajstić information content (AvgIpc) is 2.87. The molecule has 1 N–H and O–H groups in total. The van der Waals surface area contributed by atoms with Crippen molar-refractivity contribution in [3.8, 4) is 5.75 Å². The van der Waals surface area contributed by atoms with E-state index in [-0.39, 0.29) is 11.2 Å². The molecule has 3 heteroatoms. The molecule has 2 saturated carbocycles. The maximum atomic E-state index is 13.3. The summed E-state index contributed by atoms with van der Waals surface area (Å²) in [6.45, 7) is 7.10. The van der Waals surface area contributed by atoms with Crippen LogP contribution in [-0.4, -0.2) is 13.2 Å². The summed E-state index contributed by atoms with van der Waals surface area (Å²) in [6, 6.07) is 5.14. The molecule has 3 rings (SSSR count). The lowest BCUT2D eigenvalue weighted by Crippen LogP contribution is -2.45. The molecule has 110 valence electrons. The smallest absolute Gasteiger partial charge is 0.144 e. The molecule has 0 spiro atoms. The monoisotopic (exact) mass is 277 g/mol. The summed E-state index contributed by atoms with van der Waals surface area (Å²) in [4.78, 5) is 0. The van der Waals surface area contributed by atoms with Crippen LogP contribution < -0.4 is 10.1 Å². The number of ether oxygens (including phenoxy) is 1. The van der Waals surface area contributed by atoms with Crippen molar-refractivity contribution in [3.05, 3.63) is 24.0 Å². The minimum atomic E-state index is -0.259. The van der Waals surface area contributed by atoms with Crippen LogP contribution in [0.15, 0.2) is 18.2 Å². The molecule has 0 amide bonds. The van der Waals surface area contributed by atoms with Gasteiger partial charge in [-0.15, -0.1) is 0 Å². The first-order chi connectivity index (χ1) is 9.37. The van der Waals surface area contributed by atoms with Gasteiger partial charge in [0.15, 0.2) is 0 Å². The molecule has 2 bridgehead atoms. The Bertz CT molecular complexity index is 523. The number of anilines is 1. The van der Waals surface area contributed by atoms with Gasteiger partial charge in [-0.25, -0.2) is 4.39 Å². The molecular weight excluding hydrogens is 253 g/mol. The van der Waals surface area contributed by atoms with E-state index >= 15 is 0 Å². The van der Waals surface area contributed by atoms with Gasteiger partial charge in [0.2, 0.25) is 0 Å². The van der Waals surface area contributed by atoms with E-state index < -0.39 is 0 Å². The second kappa shape index (κ2) is 4.37. The van der Waals surface area contributed by atoms with Crippen LogP contribution in [0.4, 0.5) is 10.1 Å². The highest BCUT2D eigenvalue weighted by atomic mass is 19.1. The predicted octanol–water partition coefficient (Wildman–Crippen LogP) is 4.46. The van der Waals surface area contributed by atoms with Crippen LogP contribution in [0.5, 0.6) is 5.75 Å². The first-order valence-electron chi connectivity index (χ1n) is 7.47. The second-order valence-electron chi connectivity index (χ2n) is 7.34. The zero-order valence-corrected chi connectivity index (χ0v) is 12.8. The molecule has 3 unspecified atom stereocenters. The topological polar surface area (TPSA) is 21.3 Å². The van der Waals surface area contributed by atoms with Crippen molar-refractivity contribution in [1.82, 2.24) is 0 Å². The fourth-order valence-electron chi connectivity index (χ4n) is 4.60. The van der Waals surface area contributed by atoms with Gasteiger partial charge in [-0.2, -0.15) is 0 Å². The number of nitrogens with one attached hydrogen (secondary N) is 1. The zero-order chi connectivity index (χ0) is 14.5. The van der Waals surface area contributed by atoms with Crippen molar-refractivity contribution >= 4 is 5.69 Å². The number of fused-ring (bicyclic) bond motifs is 2. The van der Waals surface area contributed by atoms with E-state index in [9.17, 15) is 4.39 Å². The van der Waals surface area contributed by atoms with Gasteiger partial charge in [0.1, 0.15) is 11.6 Å². The van der Waals surface area contributed by atoms with E-state index in [4.69, 9.17) is 4.74 Å². The fraction of sp³-hybridized carbons (Fsp3) is 0.647. The van der Waals surface area contributed by atoms with Crippen LogP contribution >= 0.6 is 0 Å². The van der Waals surface area contributed by atoms with Crippen LogP contribution in [0, 0.1) is 22.6 Å². The van der Waals surface area contributed by atoms with Gasteiger partial charge >= 0.3 is 0 Å². The molecule has 2 nitrogen and oxygen atoms in total. The minimum absolute atomic E-state index is 0.259. The highest BCUT2D eigenvalue weighted by molar-refractivity contribution is 5.58. The highest BCUT2D eigenvalue weighted by Crippen LogP contribution is 2.63. The average molecular weight is 277 g/mol. The van der Waals surface area contributed by atoms with Crippen molar-refractivity contribution in [1.29, 1.82) is 0 Å². The van der Waals surface area contributed by atoms with Crippen molar-refractivity contribution in [2.45, 2.75) is 46.1 Å². The van der Waals surface area contributed by atoms with Gasteiger partial charge in [0.25, 0.3) is 0 Å². The van der Waals surface area contributed by atoms with Gasteiger partial charge in [-0.05, 0) is 48.1 Å². The third-order valence-corrected chi connectivity index (χ3v) is 5.73. The maximum Gasteiger partial charge on any atom is 0.144 e. The largest absolute Gasteiger partial charge is 0.494 e. The Labute approximate surface area is 120 Å². The second-order valence-corrected chi connectivity index (χ2v) is 7.34. The van der Waals surface area contributed by atoms with Crippen LogP contribution in [0.2, 0.25) is 0 Å². The van der Waals surface area contributed by atoms with Crippen molar-refractivity contribution in [3.63, 3.8) is 0 Å². The van der Waals surface area contributed by atoms with Crippen LogP contribution in [0.25, 0.3) is 0 Å². The SMILES string of the molecule is COc1cc(F)ccc1NC1C2(C)CCC(C2)C1(C)C. The molecule has 2 aliphatic rings. The lowest BCUT2D eigenvalue weighted by Gasteiger charge is -2.43. The summed E-state index contributed by atoms with van der Waals surface area (Å²) in [5.41, 5.74) is 1.51. The number of hydrogen-bond donors (Lipinski definition) is 1. The number of benzene rings is 1. The summed E-state index contributed by atoms with van der Waals surface area (Å²) >= 11 is 0. The number of methoxy groups -OCH3 is 1. The van der Waals surface area contributed by atoms with Crippen LogP contribution in [0.3, 0.4) is 0 Å². The maximum absolute atomic E-state index is 13.3. The summed E-state index contributed by atoms with van der Waals surface area (Å²) in [5, 5.41) is 3.66. The van der Waals surface area contributed by atoms with Crippen molar-refractivity contribution in [2.75, 3.05) is 12.4 Å². The van der Waals surface area contributed by atoms with E-state index in [1.165, 1.54) is 31.4 Å². The molecule has 0 aliphatic heterocycles. The fourth-order valence-corrected chi connectivity index (χ4v) is 4.60. The molecule has 0 radical (unpaired) electrons. The Morgan fingerprint density at radius 2 is 2.05 bits per heavy atom. The minimum Gasteiger partial charge on any atom is -0.494 e. The molecule has 3 atom stereocenters. The third kappa shape index (κ3) is 1.90. The Hall–Kier alpha value is -1.25. The van der Waals surface area contributed by atoms with Crippen LogP contribution in [0.1, 0.15) is 40.0 Å². The standard InChI is InChI=1S/C17H24FNO/c1-16(2)11-7-8-17(3,10-11)15(16)19-13-6-5-12(18)9-14(13)20-4/h5-6,9,11,15,19H,7-8,10H2,1-4H3. The number of hydrogen-bond acceptors (Lipinski definition) is 2. The van der Waals surface area contributed by atoms with Gasteiger partial charge < -0.3 is 10.1 Å². The van der Waals surface area contributed by atoms with Crippen LogP contribution in [-0.2, 0) is 0 Å². The zero-order valence-electron chi connectivity index (χ0n) is 12.8. The van der Waals surface area contributed by atoms with E-state index in [1.54, 1.807) is 13.2 Å². The molecule has 0 saturated heterocycles. The van der Waals surface area contributed by atoms with Gasteiger partial charge in [-0.1, -0.05) is 20.8 Å². The number of halogens is 1. The summed E-state index contributed by atoms with van der Waals surface area (Å²) in [7, 11) is 1.59. The quantitative estimate of drug-likeness (QED) is 0.880. The Kier molecular flexibility index (Phi) is 3.00. The molecule has 0 aromatic heterocycles. The highest BCUT2D eigenvalue weighted by Gasteiger charge is 2.59.